The first-order valence-corrected chi connectivity index (χ1v) is 19.3. The first kappa shape index (κ1) is 26.4. The number of para-hydroxylation sites is 4. The number of fused-ring (bicyclic) bond motifs is 9. The molecule has 0 spiro atoms. The predicted molar refractivity (Wildman–Crippen MR) is 236 cm³/mol. The number of rotatable bonds is 5. The molecule has 0 bridgehead atoms. The second-order valence-corrected chi connectivity index (χ2v) is 15.0. The third-order valence-electron chi connectivity index (χ3n) is 10.6. The lowest BCUT2D eigenvalue weighted by Gasteiger charge is -2.16. The van der Waals surface area contributed by atoms with Gasteiger partial charge in [-0.2, -0.15) is 0 Å². The van der Waals surface area contributed by atoms with Crippen LogP contribution in [0.25, 0.3) is 115 Å². The van der Waals surface area contributed by atoms with Crippen molar-refractivity contribution < 1.29 is 12.6 Å². The van der Waals surface area contributed by atoms with Crippen LogP contribution in [0.3, 0.4) is 0 Å². The minimum absolute atomic E-state index is 0.0190. The highest BCUT2D eigenvalue weighted by Crippen LogP contribution is 2.43. The summed E-state index contributed by atoms with van der Waals surface area (Å²) in [6, 6.07) is 46.1. The van der Waals surface area contributed by atoms with Crippen molar-refractivity contribution in [3.63, 3.8) is 0 Å². The van der Waals surface area contributed by atoms with Crippen LogP contribution < -0.4 is 0 Å². The molecule has 0 fully saturated rings. The molecule has 8 aromatic carbocycles. The molecule has 57 heavy (non-hydrogen) atoms. The number of furan rings is 1. The summed E-state index contributed by atoms with van der Waals surface area (Å²) in [7, 11) is 0. The maximum atomic E-state index is 9.55. The molecule has 0 N–H and O–H groups in total. The third kappa shape index (κ3) is 5.04. The Hall–Kier alpha value is -7.41. The molecule has 5 nitrogen and oxygen atoms in total. The first-order chi connectivity index (χ1) is 30.7. The van der Waals surface area contributed by atoms with Gasteiger partial charge in [-0.1, -0.05) is 133 Å². The second kappa shape index (κ2) is 12.6. The maximum absolute atomic E-state index is 9.55. The Bertz CT molecular complexity index is 3840. The zero-order valence-corrected chi connectivity index (χ0v) is 30.8. The van der Waals surface area contributed by atoms with Crippen LogP contribution in [0.1, 0.15) is 8.22 Å². The molecule has 0 aliphatic rings. The summed E-state index contributed by atoms with van der Waals surface area (Å²) in [5.41, 5.74) is 5.51. The molecule has 0 unspecified atom stereocenters. The molecule has 0 saturated heterocycles. The number of aromatic nitrogens is 4. The summed E-state index contributed by atoms with van der Waals surface area (Å²) in [6.07, 6.45) is 0. The van der Waals surface area contributed by atoms with E-state index in [-0.39, 0.29) is 63.8 Å². The minimum atomic E-state index is -0.370. The molecule has 0 radical (unpaired) electrons. The average molecular weight is 753 g/mol. The van der Waals surface area contributed by atoms with Crippen molar-refractivity contribution in [2.75, 3.05) is 0 Å². The minimum Gasteiger partial charge on any atom is -0.455 e. The molecule has 12 aromatic rings. The SMILES string of the molecule is [2H]c1cc([2H])c2oc3c(-c4cc(-c5nc(-c6ccccc6)nc(-c6ccc7c(c6)sc6ccccc67)n5)ccc4-n4c5ccccc5c5ccccc54)c([2H])c([2H])c([2H])c3c2c1[2H]. The lowest BCUT2D eigenvalue weighted by Crippen LogP contribution is -2.02. The van der Waals surface area contributed by atoms with Gasteiger partial charge in [0.2, 0.25) is 0 Å². The predicted octanol–water partition coefficient (Wildman–Crippen LogP) is 13.9. The summed E-state index contributed by atoms with van der Waals surface area (Å²) in [5, 5.41) is 4.61. The molecule has 6 heteroatoms. The Balaban J connectivity index is 1.17. The molecular weight excluding hydrogens is 717 g/mol. The lowest BCUT2D eigenvalue weighted by molar-refractivity contribution is 0.670. The van der Waals surface area contributed by atoms with E-state index in [0.717, 1.165) is 43.0 Å². The van der Waals surface area contributed by atoms with Crippen LogP contribution in [0, 0.1) is 0 Å². The smallest absolute Gasteiger partial charge is 0.164 e. The molecule has 4 aromatic heterocycles. The van der Waals surface area contributed by atoms with E-state index in [9.17, 15) is 1.37 Å². The second-order valence-electron chi connectivity index (χ2n) is 13.9. The summed E-state index contributed by atoms with van der Waals surface area (Å²) < 4.78 is 64.8. The van der Waals surface area contributed by atoms with Gasteiger partial charge in [0, 0.05) is 69.5 Å². The summed E-state index contributed by atoms with van der Waals surface area (Å²) in [5.74, 6) is 1.34. The van der Waals surface area contributed by atoms with Gasteiger partial charge in [0.15, 0.2) is 17.5 Å². The number of hydrogen-bond donors (Lipinski definition) is 0. The summed E-state index contributed by atoms with van der Waals surface area (Å²) >= 11 is 1.72. The van der Waals surface area contributed by atoms with E-state index in [0.29, 0.717) is 34.3 Å². The number of hydrogen-bond acceptors (Lipinski definition) is 5. The average Bonchev–Trinajstić information content (AvgIpc) is 4.01. The number of benzene rings is 8. The van der Waals surface area contributed by atoms with Gasteiger partial charge in [0.25, 0.3) is 0 Å². The van der Waals surface area contributed by atoms with E-state index >= 15 is 0 Å². The van der Waals surface area contributed by atoms with Crippen LogP contribution in [-0.4, -0.2) is 19.5 Å². The zero-order chi connectivity index (χ0) is 42.7. The molecule has 0 aliphatic heterocycles. The van der Waals surface area contributed by atoms with Gasteiger partial charge in [0.1, 0.15) is 11.2 Å². The van der Waals surface area contributed by atoms with Crippen molar-refractivity contribution in [3.8, 4) is 51.0 Å². The first-order valence-electron chi connectivity index (χ1n) is 21.5. The molecule has 266 valence electrons. The molecule has 0 atom stereocenters. The molecule has 0 saturated carbocycles. The fourth-order valence-electron chi connectivity index (χ4n) is 8.03. The molecule has 12 rings (SSSR count). The van der Waals surface area contributed by atoms with Gasteiger partial charge in [-0.25, -0.2) is 15.0 Å². The van der Waals surface area contributed by atoms with Gasteiger partial charge < -0.3 is 8.98 Å². The van der Waals surface area contributed by atoms with Crippen LogP contribution in [-0.2, 0) is 0 Å². The maximum Gasteiger partial charge on any atom is 0.164 e. The molecule has 4 heterocycles. The Labute approximate surface area is 339 Å². The molecular formula is C51H30N4OS. The summed E-state index contributed by atoms with van der Waals surface area (Å²) in [6.45, 7) is 0. The normalized spacial score (nSPS) is 13.3. The van der Waals surface area contributed by atoms with Crippen molar-refractivity contribution in [2.24, 2.45) is 0 Å². The standard InChI is InChI=1S/C51H30N4OS/c1-2-13-31(14-3-1)49-52-50(54-51(53-49)33-25-27-38-37-18-7-11-24-46(37)57-47(38)30-33)32-26-28-44(55-42-21-8-4-15-34(42)35-16-5-9-22-43(35)55)41(29-32)40-20-12-19-39-36-17-6-10-23-45(36)56-48(39)40/h1-30H/i6D,12D,17D,19D,20D,23D. The van der Waals surface area contributed by atoms with Crippen LogP contribution in [0.5, 0.6) is 0 Å². The van der Waals surface area contributed by atoms with Gasteiger partial charge in [0.05, 0.1) is 24.9 Å². The Kier molecular flexibility index (Phi) is 5.82. The van der Waals surface area contributed by atoms with E-state index in [2.05, 4.69) is 47.0 Å². The lowest BCUT2D eigenvalue weighted by atomic mass is 9.98. The fourth-order valence-corrected chi connectivity index (χ4v) is 9.17. The van der Waals surface area contributed by atoms with Crippen LogP contribution >= 0.6 is 11.3 Å². The van der Waals surface area contributed by atoms with Gasteiger partial charge >= 0.3 is 0 Å². The quantitative estimate of drug-likeness (QED) is 0.176. The van der Waals surface area contributed by atoms with Gasteiger partial charge in [-0.15, -0.1) is 11.3 Å². The van der Waals surface area contributed by atoms with E-state index in [1.165, 1.54) is 16.2 Å². The van der Waals surface area contributed by atoms with Crippen molar-refractivity contribution in [3.05, 3.63) is 182 Å². The van der Waals surface area contributed by atoms with E-state index < -0.39 is 0 Å². The van der Waals surface area contributed by atoms with E-state index in [1.807, 2.05) is 97.1 Å². The molecule has 0 aliphatic carbocycles. The highest BCUT2D eigenvalue weighted by molar-refractivity contribution is 7.25. The summed E-state index contributed by atoms with van der Waals surface area (Å²) in [4.78, 5) is 15.2. The Morgan fingerprint density at radius 3 is 1.88 bits per heavy atom. The number of thiophene rings is 1. The van der Waals surface area contributed by atoms with Crippen molar-refractivity contribution in [1.29, 1.82) is 0 Å². The molecule has 0 amide bonds. The van der Waals surface area contributed by atoms with Gasteiger partial charge in [-0.3, -0.25) is 0 Å². The van der Waals surface area contributed by atoms with Gasteiger partial charge in [-0.05, 0) is 48.5 Å². The number of nitrogens with zero attached hydrogens (tertiary/aromatic N) is 4. The van der Waals surface area contributed by atoms with E-state index in [4.69, 9.17) is 26.2 Å². The Morgan fingerprint density at radius 1 is 0.456 bits per heavy atom. The van der Waals surface area contributed by atoms with Crippen molar-refractivity contribution >= 4 is 75.3 Å². The largest absolute Gasteiger partial charge is 0.455 e. The van der Waals surface area contributed by atoms with E-state index in [1.54, 1.807) is 11.3 Å². The van der Waals surface area contributed by atoms with Crippen LogP contribution in [0.2, 0.25) is 0 Å². The van der Waals surface area contributed by atoms with Crippen LogP contribution in [0.4, 0.5) is 0 Å². The highest BCUT2D eigenvalue weighted by Gasteiger charge is 2.21. The fraction of sp³-hybridized carbons (Fsp3) is 0. The van der Waals surface area contributed by atoms with Crippen molar-refractivity contribution in [2.45, 2.75) is 0 Å². The monoisotopic (exact) mass is 752 g/mol. The van der Waals surface area contributed by atoms with Crippen LogP contribution in [0.15, 0.2) is 186 Å². The third-order valence-corrected chi connectivity index (χ3v) is 11.8. The van der Waals surface area contributed by atoms with Crippen molar-refractivity contribution in [1.82, 2.24) is 19.5 Å². The topological polar surface area (TPSA) is 56.7 Å². The highest BCUT2D eigenvalue weighted by atomic mass is 32.1. The Morgan fingerprint density at radius 2 is 1.09 bits per heavy atom. The zero-order valence-electron chi connectivity index (χ0n) is 36.0.